The number of halogens is 3. The summed E-state index contributed by atoms with van der Waals surface area (Å²) in [6.07, 6.45) is -4.61. The van der Waals surface area contributed by atoms with Crippen LogP contribution in [0.1, 0.15) is 41.2 Å². The van der Waals surface area contributed by atoms with Gasteiger partial charge in [-0.05, 0) is 44.4 Å². The highest BCUT2D eigenvalue weighted by Gasteiger charge is 2.36. The Balaban J connectivity index is 2.03. The van der Waals surface area contributed by atoms with E-state index in [9.17, 15) is 13.2 Å². The van der Waals surface area contributed by atoms with Gasteiger partial charge in [0.15, 0.2) is 0 Å². The van der Waals surface area contributed by atoms with E-state index in [4.69, 9.17) is 0 Å². The Kier molecular flexibility index (Phi) is 4.14. The summed E-state index contributed by atoms with van der Waals surface area (Å²) in [4.78, 5) is 7.52. The average molecular weight is 349 g/mol. The third kappa shape index (κ3) is 3.29. The Labute approximate surface area is 142 Å². The molecule has 1 unspecified atom stereocenters. The van der Waals surface area contributed by atoms with Crippen LogP contribution in [0.25, 0.3) is 5.78 Å². The van der Waals surface area contributed by atoms with Crippen molar-refractivity contribution in [2.24, 2.45) is 0 Å². The summed E-state index contributed by atoms with van der Waals surface area (Å²) < 4.78 is 39.8. The van der Waals surface area contributed by atoms with Gasteiger partial charge >= 0.3 is 6.18 Å². The fourth-order valence-corrected chi connectivity index (χ4v) is 2.75. The summed E-state index contributed by atoms with van der Waals surface area (Å²) in [5.41, 5.74) is 3.92. The first-order chi connectivity index (χ1) is 11.7. The lowest BCUT2D eigenvalue weighted by atomic mass is 9.98. The summed E-state index contributed by atoms with van der Waals surface area (Å²) >= 11 is 0. The number of nitrogens with zero attached hydrogens (tertiary/aromatic N) is 4. The maximum absolute atomic E-state index is 12.9. The molecule has 0 saturated heterocycles. The lowest BCUT2D eigenvalue weighted by Crippen LogP contribution is -2.13. The van der Waals surface area contributed by atoms with E-state index in [-0.39, 0.29) is 11.8 Å². The maximum Gasteiger partial charge on any atom is 0.453 e. The number of anilines is 1. The van der Waals surface area contributed by atoms with Crippen LogP contribution in [0.3, 0.4) is 0 Å². The number of nitrogens with one attached hydrogen (secondary N) is 1. The second-order valence-corrected chi connectivity index (χ2v) is 6.08. The van der Waals surface area contributed by atoms with Crippen LogP contribution in [0.4, 0.5) is 19.0 Å². The topological polar surface area (TPSA) is 55.1 Å². The molecule has 0 saturated carbocycles. The highest BCUT2D eigenvalue weighted by atomic mass is 19.4. The van der Waals surface area contributed by atoms with Crippen LogP contribution in [0, 0.1) is 20.8 Å². The summed E-state index contributed by atoms with van der Waals surface area (Å²) in [5, 5.41) is 6.80. The van der Waals surface area contributed by atoms with Gasteiger partial charge in [0.25, 0.3) is 11.6 Å². The molecule has 2 heterocycles. The standard InChI is InChI=1S/C17H18F3N5/c1-9-6-5-7-13(11(9)3)12(4)22-14-8-10(2)21-16-23-15(17(18,19)20)24-25(14)16/h5-8,12,22H,1-4H3. The Hall–Kier alpha value is -2.64. The molecule has 1 N–H and O–H groups in total. The second-order valence-electron chi connectivity index (χ2n) is 6.08. The molecule has 5 nitrogen and oxygen atoms in total. The van der Waals surface area contributed by atoms with Crippen molar-refractivity contribution < 1.29 is 13.2 Å². The van der Waals surface area contributed by atoms with E-state index in [1.165, 1.54) is 0 Å². The SMILES string of the molecule is Cc1cc(NC(C)c2cccc(C)c2C)n2nc(C(F)(F)F)nc2n1. The van der Waals surface area contributed by atoms with Crippen LogP contribution in [0.15, 0.2) is 24.3 Å². The monoisotopic (exact) mass is 349 g/mol. The predicted octanol–water partition coefficient (Wildman–Crippen LogP) is 4.24. The molecule has 1 atom stereocenters. The first-order valence-corrected chi connectivity index (χ1v) is 7.81. The summed E-state index contributed by atoms with van der Waals surface area (Å²) in [6, 6.07) is 7.51. The van der Waals surface area contributed by atoms with Crippen LogP contribution < -0.4 is 5.32 Å². The van der Waals surface area contributed by atoms with Crippen LogP contribution >= 0.6 is 0 Å². The van der Waals surface area contributed by atoms with Crippen LogP contribution in [-0.4, -0.2) is 19.6 Å². The third-order valence-electron chi connectivity index (χ3n) is 4.17. The lowest BCUT2D eigenvalue weighted by Gasteiger charge is -2.19. The number of rotatable bonds is 3. The molecule has 3 aromatic rings. The van der Waals surface area contributed by atoms with Gasteiger partial charge in [0, 0.05) is 11.8 Å². The Bertz CT molecular complexity index is 930. The number of alkyl halides is 3. The molecule has 0 amide bonds. The van der Waals surface area contributed by atoms with Crippen molar-refractivity contribution in [3.63, 3.8) is 0 Å². The van der Waals surface area contributed by atoms with Crippen molar-refractivity contribution in [2.45, 2.75) is 39.9 Å². The molecule has 0 spiro atoms. The van der Waals surface area contributed by atoms with Gasteiger partial charge in [0.2, 0.25) is 0 Å². The van der Waals surface area contributed by atoms with E-state index in [0.29, 0.717) is 11.5 Å². The van der Waals surface area contributed by atoms with Gasteiger partial charge in [-0.25, -0.2) is 4.98 Å². The number of fused-ring (bicyclic) bond motifs is 1. The van der Waals surface area contributed by atoms with Gasteiger partial charge in [-0.2, -0.15) is 22.7 Å². The van der Waals surface area contributed by atoms with E-state index in [1.807, 2.05) is 39.0 Å². The molecule has 132 valence electrons. The molecule has 0 radical (unpaired) electrons. The summed E-state index contributed by atoms with van der Waals surface area (Å²) in [5.74, 6) is -0.866. The zero-order valence-corrected chi connectivity index (χ0v) is 14.3. The number of aromatic nitrogens is 4. The largest absolute Gasteiger partial charge is 0.453 e. The number of hydrogen-bond acceptors (Lipinski definition) is 4. The Morgan fingerprint density at radius 1 is 1.12 bits per heavy atom. The molecule has 0 aliphatic rings. The summed E-state index contributed by atoms with van der Waals surface area (Å²) in [6.45, 7) is 7.70. The zero-order valence-electron chi connectivity index (χ0n) is 14.3. The van der Waals surface area contributed by atoms with Crippen molar-refractivity contribution >= 4 is 11.6 Å². The minimum atomic E-state index is -4.61. The molecule has 8 heteroatoms. The molecule has 0 aliphatic carbocycles. The molecule has 0 aliphatic heterocycles. The van der Waals surface area contributed by atoms with Crippen LogP contribution in [0.2, 0.25) is 0 Å². The van der Waals surface area contributed by atoms with E-state index < -0.39 is 12.0 Å². The van der Waals surface area contributed by atoms with Gasteiger partial charge < -0.3 is 5.32 Å². The van der Waals surface area contributed by atoms with Gasteiger partial charge in [-0.3, -0.25) is 0 Å². The third-order valence-corrected chi connectivity index (χ3v) is 4.17. The second kappa shape index (κ2) is 6.02. The number of aryl methyl sites for hydroxylation is 2. The molecule has 25 heavy (non-hydrogen) atoms. The van der Waals surface area contributed by atoms with Crippen molar-refractivity contribution in [3.05, 3.63) is 52.5 Å². The van der Waals surface area contributed by atoms with Gasteiger partial charge in [-0.15, -0.1) is 5.10 Å². The van der Waals surface area contributed by atoms with E-state index >= 15 is 0 Å². The number of hydrogen-bond donors (Lipinski definition) is 1. The van der Waals surface area contributed by atoms with E-state index in [0.717, 1.165) is 21.2 Å². The first-order valence-electron chi connectivity index (χ1n) is 7.81. The predicted molar refractivity (Wildman–Crippen MR) is 88.5 cm³/mol. The minimum Gasteiger partial charge on any atom is -0.363 e. The minimum absolute atomic E-state index is 0.0806. The lowest BCUT2D eigenvalue weighted by molar-refractivity contribution is -0.144. The van der Waals surface area contributed by atoms with Crippen molar-refractivity contribution in [3.8, 4) is 0 Å². The van der Waals surface area contributed by atoms with Gasteiger partial charge in [0.05, 0.1) is 6.04 Å². The van der Waals surface area contributed by atoms with Gasteiger partial charge in [-0.1, -0.05) is 18.2 Å². The highest BCUT2D eigenvalue weighted by Crippen LogP contribution is 2.28. The fourth-order valence-electron chi connectivity index (χ4n) is 2.75. The quantitative estimate of drug-likeness (QED) is 0.768. The van der Waals surface area contributed by atoms with E-state index in [1.54, 1.807) is 13.0 Å². The van der Waals surface area contributed by atoms with Crippen molar-refractivity contribution in [1.29, 1.82) is 0 Å². The smallest absolute Gasteiger partial charge is 0.363 e. The van der Waals surface area contributed by atoms with Crippen molar-refractivity contribution in [2.75, 3.05) is 5.32 Å². The molecule has 3 rings (SSSR count). The maximum atomic E-state index is 12.9. The molecule has 0 bridgehead atoms. The van der Waals surface area contributed by atoms with Crippen LogP contribution in [-0.2, 0) is 6.18 Å². The normalized spacial score (nSPS) is 13.2. The molecule has 2 aromatic heterocycles. The Morgan fingerprint density at radius 3 is 2.52 bits per heavy atom. The van der Waals surface area contributed by atoms with Gasteiger partial charge in [0.1, 0.15) is 5.82 Å². The first kappa shape index (κ1) is 17.2. The summed E-state index contributed by atoms with van der Waals surface area (Å²) in [7, 11) is 0. The fraction of sp³-hybridized carbons (Fsp3) is 0.353. The van der Waals surface area contributed by atoms with Crippen molar-refractivity contribution in [1.82, 2.24) is 19.6 Å². The number of benzene rings is 1. The van der Waals surface area contributed by atoms with E-state index in [2.05, 4.69) is 20.4 Å². The zero-order chi connectivity index (χ0) is 18.4. The molecule has 1 aromatic carbocycles. The van der Waals surface area contributed by atoms with Crippen LogP contribution in [0.5, 0.6) is 0 Å². The Morgan fingerprint density at radius 2 is 1.84 bits per heavy atom. The molecular formula is C17H18F3N5. The molecular weight excluding hydrogens is 331 g/mol. The average Bonchev–Trinajstić information content (AvgIpc) is 2.94. The molecule has 0 fully saturated rings. The highest BCUT2D eigenvalue weighted by molar-refractivity contribution is 5.48.